The first-order valence-corrected chi connectivity index (χ1v) is 8.25. The molecular formula is C18H18N4O3. The number of hydrogen-bond donors (Lipinski definition) is 2. The average molecular weight is 338 g/mol. The number of carbonyl (C=O) groups is 2. The van der Waals surface area contributed by atoms with E-state index in [1.807, 2.05) is 19.1 Å². The topological polar surface area (TPSA) is 97.4 Å². The van der Waals surface area contributed by atoms with Crippen LogP contribution in [0.25, 0.3) is 5.69 Å². The largest absolute Gasteiger partial charge is 0.384 e. The molecule has 2 aliphatic rings. The van der Waals surface area contributed by atoms with Crippen molar-refractivity contribution in [1.29, 1.82) is 0 Å². The van der Waals surface area contributed by atoms with Gasteiger partial charge in [-0.3, -0.25) is 24.3 Å². The number of rotatable bonds is 2. The Kier molecular flexibility index (Phi) is 3.38. The second-order valence-corrected chi connectivity index (χ2v) is 6.39. The molecule has 0 aliphatic carbocycles. The van der Waals surface area contributed by atoms with Crippen molar-refractivity contribution in [2.24, 2.45) is 0 Å². The van der Waals surface area contributed by atoms with E-state index in [0.717, 1.165) is 37.2 Å². The maximum Gasteiger partial charge on any atom is 0.262 e. The molecule has 2 amide bonds. The lowest BCUT2D eigenvalue weighted by Crippen LogP contribution is -2.26. The van der Waals surface area contributed by atoms with Gasteiger partial charge in [0.1, 0.15) is 5.82 Å². The summed E-state index contributed by atoms with van der Waals surface area (Å²) in [4.78, 5) is 38.7. The van der Waals surface area contributed by atoms with Crippen molar-refractivity contribution in [3.8, 4) is 5.69 Å². The third-order valence-electron chi connectivity index (χ3n) is 4.92. The zero-order valence-corrected chi connectivity index (χ0v) is 13.8. The molecular weight excluding hydrogens is 320 g/mol. The van der Waals surface area contributed by atoms with Crippen LogP contribution in [0.5, 0.6) is 0 Å². The summed E-state index contributed by atoms with van der Waals surface area (Å²) in [5, 5.41) is 2.18. The predicted octanol–water partition coefficient (Wildman–Crippen LogP) is 1.21. The van der Waals surface area contributed by atoms with E-state index >= 15 is 0 Å². The first-order chi connectivity index (χ1) is 12.0. The first-order valence-electron chi connectivity index (χ1n) is 8.25. The normalized spacial score (nSPS) is 16.3. The molecule has 128 valence electrons. The Bertz CT molecular complexity index is 971. The summed E-state index contributed by atoms with van der Waals surface area (Å²) in [7, 11) is 0. The number of fused-ring (bicyclic) bond motifs is 1. The van der Waals surface area contributed by atoms with Gasteiger partial charge in [0, 0.05) is 24.8 Å². The molecule has 1 aromatic heterocycles. The number of imide groups is 1. The number of pyridine rings is 1. The highest BCUT2D eigenvalue weighted by Crippen LogP contribution is 2.30. The number of hydrogen-bond acceptors (Lipinski definition) is 5. The standard InChI is InChI=1S/C18H18N4O3/c1-10-12(21-7-2-3-8-21)5-4-6-13(10)22-14(23)9-11-15(16(22)19)18(25)20-17(11)24/h4-6,9H,2-3,7-8,19H2,1H3,(H,20,24,25). The van der Waals surface area contributed by atoms with Crippen molar-refractivity contribution < 1.29 is 9.59 Å². The molecule has 1 fully saturated rings. The number of benzene rings is 1. The molecule has 1 saturated heterocycles. The SMILES string of the molecule is Cc1c(N2CCCC2)cccc1-n1c(N)c2c(cc1=O)C(=O)NC2=O. The van der Waals surface area contributed by atoms with Gasteiger partial charge in [-0.25, -0.2) is 0 Å². The van der Waals surface area contributed by atoms with Crippen molar-refractivity contribution in [2.45, 2.75) is 19.8 Å². The molecule has 0 spiro atoms. The Balaban J connectivity index is 1.93. The first kappa shape index (κ1) is 15.4. The molecule has 3 N–H and O–H groups in total. The van der Waals surface area contributed by atoms with Crippen LogP contribution in [0.3, 0.4) is 0 Å². The Morgan fingerprint density at radius 3 is 2.44 bits per heavy atom. The van der Waals surface area contributed by atoms with Gasteiger partial charge in [0.15, 0.2) is 0 Å². The van der Waals surface area contributed by atoms with E-state index in [-0.39, 0.29) is 16.9 Å². The highest BCUT2D eigenvalue weighted by molar-refractivity contribution is 6.23. The predicted molar refractivity (Wildman–Crippen MR) is 94.4 cm³/mol. The fourth-order valence-electron chi connectivity index (χ4n) is 3.68. The number of nitrogens with one attached hydrogen (secondary N) is 1. The number of nitrogens with two attached hydrogens (primary N) is 1. The summed E-state index contributed by atoms with van der Waals surface area (Å²) in [6.07, 6.45) is 2.29. The number of amides is 2. The Morgan fingerprint density at radius 2 is 1.72 bits per heavy atom. The third kappa shape index (κ3) is 2.23. The summed E-state index contributed by atoms with van der Waals surface area (Å²) in [5.41, 5.74) is 8.41. The molecule has 0 radical (unpaired) electrons. The molecule has 2 aliphatic heterocycles. The van der Waals surface area contributed by atoms with Crippen molar-refractivity contribution in [2.75, 3.05) is 23.7 Å². The Labute approximate surface area is 144 Å². The van der Waals surface area contributed by atoms with Crippen LogP contribution in [0.4, 0.5) is 11.5 Å². The van der Waals surface area contributed by atoms with Crippen molar-refractivity contribution >= 4 is 23.3 Å². The van der Waals surface area contributed by atoms with Crippen LogP contribution in [-0.4, -0.2) is 29.5 Å². The van der Waals surface area contributed by atoms with Gasteiger partial charge in [0.2, 0.25) is 0 Å². The fourth-order valence-corrected chi connectivity index (χ4v) is 3.68. The van der Waals surface area contributed by atoms with Crippen LogP contribution in [0, 0.1) is 6.92 Å². The molecule has 4 rings (SSSR count). The molecule has 3 heterocycles. The number of nitrogens with zero attached hydrogens (tertiary/aromatic N) is 2. The van der Waals surface area contributed by atoms with E-state index in [1.54, 1.807) is 6.07 Å². The van der Waals surface area contributed by atoms with Crippen molar-refractivity contribution in [3.63, 3.8) is 0 Å². The lowest BCUT2D eigenvalue weighted by atomic mass is 10.1. The second kappa shape index (κ2) is 5.47. The minimum Gasteiger partial charge on any atom is -0.384 e. The summed E-state index contributed by atoms with van der Waals surface area (Å²) >= 11 is 0. The van der Waals surface area contributed by atoms with E-state index < -0.39 is 17.4 Å². The quantitative estimate of drug-likeness (QED) is 0.802. The third-order valence-corrected chi connectivity index (χ3v) is 4.92. The molecule has 1 aromatic carbocycles. The molecule has 25 heavy (non-hydrogen) atoms. The number of anilines is 2. The maximum atomic E-state index is 12.6. The van der Waals surface area contributed by atoms with Crippen LogP contribution >= 0.6 is 0 Å². The van der Waals surface area contributed by atoms with Gasteiger partial charge in [-0.05, 0) is 37.5 Å². The monoisotopic (exact) mass is 338 g/mol. The Hall–Kier alpha value is -3.09. The highest BCUT2D eigenvalue weighted by atomic mass is 16.2. The zero-order valence-electron chi connectivity index (χ0n) is 13.8. The van der Waals surface area contributed by atoms with Crippen molar-refractivity contribution in [1.82, 2.24) is 9.88 Å². The van der Waals surface area contributed by atoms with Gasteiger partial charge in [0.25, 0.3) is 17.4 Å². The second-order valence-electron chi connectivity index (χ2n) is 6.39. The maximum absolute atomic E-state index is 12.6. The number of aromatic nitrogens is 1. The van der Waals surface area contributed by atoms with E-state index in [0.29, 0.717) is 5.69 Å². The molecule has 0 unspecified atom stereocenters. The highest BCUT2D eigenvalue weighted by Gasteiger charge is 2.32. The average Bonchev–Trinajstić information content (AvgIpc) is 3.18. The van der Waals surface area contributed by atoms with Gasteiger partial charge < -0.3 is 10.6 Å². The molecule has 7 nitrogen and oxygen atoms in total. The molecule has 0 saturated carbocycles. The van der Waals surface area contributed by atoms with E-state index in [1.165, 1.54) is 10.6 Å². The Morgan fingerprint density at radius 1 is 1.04 bits per heavy atom. The molecule has 7 heteroatoms. The van der Waals surface area contributed by atoms with Gasteiger partial charge in [-0.1, -0.05) is 6.07 Å². The smallest absolute Gasteiger partial charge is 0.262 e. The lowest BCUT2D eigenvalue weighted by molar-refractivity contribution is 0.0880. The van der Waals surface area contributed by atoms with Gasteiger partial charge in [-0.15, -0.1) is 0 Å². The van der Waals surface area contributed by atoms with Crippen LogP contribution in [0.15, 0.2) is 29.1 Å². The van der Waals surface area contributed by atoms with Crippen LogP contribution in [0.2, 0.25) is 0 Å². The van der Waals surface area contributed by atoms with Gasteiger partial charge in [-0.2, -0.15) is 0 Å². The molecule has 2 aromatic rings. The van der Waals surface area contributed by atoms with E-state index in [4.69, 9.17) is 5.73 Å². The minimum atomic E-state index is -0.585. The van der Waals surface area contributed by atoms with E-state index in [2.05, 4.69) is 10.2 Å². The molecule has 0 atom stereocenters. The number of nitrogen functional groups attached to an aromatic ring is 1. The van der Waals surface area contributed by atoms with Crippen LogP contribution in [0.1, 0.15) is 39.1 Å². The summed E-state index contributed by atoms with van der Waals surface area (Å²) in [6.45, 7) is 3.90. The van der Waals surface area contributed by atoms with E-state index in [9.17, 15) is 14.4 Å². The zero-order chi connectivity index (χ0) is 17.7. The lowest BCUT2D eigenvalue weighted by Gasteiger charge is -2.23. The summed E-state index contributed by atoms with van der Waals surface area (Å²) < 4.78 is 1.31. The van der Waals surface area contributed by atoms with Crippen LogP contribution < -0.4 is 21.5 Å². The van der Waals surface area contributed by atoms with Gasteiger partial charge >= 0.3 is 0 Å². The fraction of sp³-hybridized carbons (Fsp3) is 0.278. The van der Waals surface area contributed by atoms with Crippen molar-refractivity contribution in [3.05, 3.63) is 51.3 Å². The number of carbonyl (C=O) groups excluding carboxylic acids is 2. The van der Waals surface area contributed by atoms with Crippen LogP contribution in [-0.2, 0) is 0 Å². The summed E-state index contributed by atoms with van der Waals surface area (Å²) in [6, 6.07) is 6.87. The van der Waals surface area contributed by atoms with Gasteiger partial charge in [0.05, 0.1) is 16.8 Å². The molecule has 0 bridgehead atoms. The summed E-state index contributed by atoms with van der Waals surface area (Å²) in [5.74, 6) is -1.16. The minimum absolute atomic E-state index is 0.00692.